The van der Waals surface area contributed by atoms with Crippen molar-refractivity contribution in [2.45, 2.75) is 38.6 Å². The van der Waals surface area contributed by atoms with Crippen LogP contribution in [0.25, 0.3) is 0 Å². The van der Waals surface area contributed by atoms with Crippen molar-refractivity contribution in [3.8, 4) is 0 Å². The Kier molecular flexibility index (Phi) is 6.12. The van der Waals surface area contributed by atoms with Crippen molar-refractivity contribution in [1.82, 2.24) is 5.32 Å². The molecule has 1 rings (SSSR count). The van der Waals surface area contributed by atoms with E-state index in [9.17, 15) is 19.4 Å². The van der Waals surface area contributed by atoms with Crippen LogP contribution in [0.4, 0.5) is 9.18 Å². The average molecular weight is 364 g/mol. The van der Waals surface area contributed by atoms with E-state index >= 15 is 0 Å². The molecule has 3 N–H and O–H groups in total. The van der Waals surface area contributed by atoms with Crippen LogP contribution >= 0.6 is 15.9 Å². The van der Waals surface area contributed by atoms with Gasteiger partial charge < -0.3 is 20.3 Å². The van der Waals surface area contributed by atoms with Crippen LogP contribution in [0.15, 0.2) is 22.7 Å². The molecule has 0 saturated heterocycles. The predicted molar refractivity (Wildman–Crippen MR) is 79.3 cm³/mol. The molecule has 0 spiro atoms. The lowest BCUT2D eigenvalue weighted by Gasteiger charge is -2.22. The molecule has 0 radical (unpaired) electrons. The largest absolute Gasteiger partial charge is 0.444 e. The van der Waals surface area contributed by atoms with Crippen LogP contribution in [0.3, 0.4) is 0 Å². The van der Waals surface area contributed by atoms with Crippen molar-refractivity contribution >= 4 is 22.0 Å². The second-order valence-electron chi connectivity index (χ2n) is 5.54. The van der Waals surface area contributed by atoms with Gasteiger partial charge in [-0.1, -0.05) is 12.1 Å². The molecule has 0 aliphatic carbocycles. The van der Waals surface area contributed by atoms with Gasteiger partial charge in [0.05, 0.1) is 4.47 Å². The molecule has 1 aromatic carbocycles. The maximum Gasteiger partial charge on any atom is 0.407 e. The number of rotatable bonds is 4. The van der Waals surface area contributed by atoms with Gasteiger partial charge >= 0.3 is 6.09 Å². The van der Waals surface area contributed by atoms with E-state index in [4.69, 9.17) is 4.74 Å². The van der Waals surface area contributed by atoms with E-state index in [0.717, 1.165) is 0 Å². The maximum atomic E-state index is 13.8. The van der Waals surface area contributed by atoms with Crippen molar-refractivity contribution in [3.63, 3.8) is 0 Å². The molecule has 0 saturated carbocycles. The first-order valence-corrected chi connectivity index (χ1v) is 7.18. The van der Waals surface area contributed by atoms with Gasteiger partial charge in [-0.25, -0.2) is 9.18 Å². The Morgan fingerprint density at radius 2 is 2.05 bits per heavy atom. The highest BCUT2D eigenvalue weighted by Gasteiger charge is 2.24. The number of aliphatic hydroxyl groups excluding tert-OH is 2. The van der Waals surface area contributed by atoms with E-state index in [1.807, 2.05) is 0 Å². The number of nitrogens with one attached hydrogen (secondary N) is 1. The molecule has 0 aliphatic heterocycles. The number of hydrogen-bond acceptors (Lipinski definition) is 4. The molecule has 7 heteroatoms. The minimum absolute atomic E-state index is 0.0529. The molecule has 0 heterocycles. The second-order valence-corrected chi connectivity index (χ2v) is 6.39. The van der Waals surface area contributed by atoms with Gasteiger partial charge in [-0.15, -0.1) is 0 Å². The lowest BCUT2D eigenvalue weighted by molar-refractivity contribution is 0.0112. The highest BCUT2D eigenvalue weighted by atomic mass is 79.9. The quantitative estimate of drug-likeness (QED) is 0.767. The van der Waals surface area contributed by atoms with E-state index in [2.05, 4.69) is 21.2 Å². The zero-order valence-electron chi connectivity index (χ0n) is 12.1. The summed E-state index contributed by atoms with van der Waals surface area (Å²) in [6, 6.07) is 4.39. The van der Waals surface area contributed by atoms with Crippen molar-refractivity contribution in [2.24, 2.45) is 0 Å². The molecule has 0 bridgehead atoms. The smallest absolute Gasteiger partial charge is 0.407 e. The molecule has 1 aromatic rings. The first kappa shape index (κ1) is 17.9. The summed E-state index contributed by atoms with van der Waals surface area (Å²) in [7, 11) is 0. The summed E-state index contributed by atoms with van der Waals surface area (Å²) in [6.07, 6.45) is -3.54. The number of alkyl carbamates (subject to hydrolysis) is 1. The van der Waals surface area contributed by atoms with Crippen LogP contribution in [0.1, 0.15) is 32.4 Å². The van der Waals surface area contributed by atoms with Crippen LogP contribution < -0.4 is 5.32 Å². The molecule has 1 amide bonds. The summed E-state index contributed by atoms with van der Waals surface area (Å²) in [4.78, 5) is 11.4. The van der Waals surface area contributed by atoms with Gasteiger partial charge in [0.1, 0.15) is 23.6 Å². The van der Waals surface area contributed by atoms with Gasteiger partial charge in [0.15, 0.2) is 0 Å². The molecule has 0 aliphatic rings. The van der Waals surface area contributed by atoms with Crippen LogP contribution in [0.5, 0.6) is 0 Å². The van der Waals surface area contributed by atoms with Crippen LogP contribution in [0.2, 0.25) is 0 Å². The number of carbonyl (C=O) groups excluding carboxylic acids is 1. The molecule has 5 nitrogen and oxygen atoms in total. The topological polar surface area (TPSA) is 78.8 Å². The van der Waals surface area contributed by atoms with Crippen LogP contribution in [0, 0.1) is 5.82 Å². The molecular weight excluding hydrogens is 345 g/mol. The molecule has 0 fully saturated rings. The third kappa shape index (κ3) is 5.61. The fourth-order valence-corrected chi connectivity index (χ4v) is 1.95. The lowest BCUT2D eigenvalue weighted by Crippen LogP contribution is -2.39. The zero-order chi connectivity index (χ0) is 16.2. The average Bonchev–Trinajstić information content (AvgIpc) is 2.36. The van der Waals surface area contributed by atoms with Crippen molar-refractivity contribution in [2.75, 3.05) is 6.54 Å². The lowest BCUT2D eigenvalue weighted by atomic mass is 10.0. The van der Waals surface area contributed by atoms with Gasteiger partial charge in [0.25, 0.3) is 0 Å². The Hall–Kier alpha value is -1.18. The number of hydrogen-bond donors (Lipinski definition) is 3. The molecule has 21 heavy (non-hydrogen) atoms. The summed E-state index contributed by atoms with van der Waals surface area (Å²) < 4.78 is 19.0. The number of ether oxygens (including phenoxy) is 1. The normalized spacial score (nSPS) is 14.4. The van der Waals surface area contributed by atoms with E-state index in [-0.39, 0.29) is 16.6 Å². The summed E-state index contributed by atoms with van der Waals surface area (Å²) in [5.74, 6) is -0.652. The monoisotopic (exact) mass is 363 g/mol. The van der Waals surface area contributed by atoms with Crippen molar-refractivity contribution in [1.29, 1.82) is 0 Å². The van der Waals surface area contributed by atoms with E-state index in [1.54, 1.807) is 26.8 Å². The number of amides is 1. The standard InChI is InChI=1S/C14H19BrFNO4/c1-14(2,3)21-13(20)17-7-10(18)12(19)8-5-4-6-9(15)11(8)16/h4-6,10,12,18-19H,7H2,1-3H3,(H,17,20). The highest BCUT2D eigenvalue weighted by Crippen LogP contribution is 2.25. The van der Waals surface area contributed by atoms with Crippen molar-refractivity contribution in [3.05, 3.63) is 34.1 Å². The van der Waals surface area contributed by atoms with Gasteiger partial charge in [0, 0.05) is 12.1 Å². The number of benzene rings is 1. The Labute approximate surface area is 131 Å². The third-order valence-corrected chi connectivity index (χ3v) is 3.13. The summed E-state index contributed by atoms with van der Waals surface area (Å²) in [6.45, 7) is 4.85. The van der Waals surface area contributed by atoms with Gasteiger partial charge in [-0.2, -0.15) is 0 Å². The second kappa shape index (κ2) is 7.20. The third-order valence-electron chi connectivity index (χ3n) is 2.52. The fourth-order valence-electron chi connectivity index (χ4n) is 1.57. The molecule has 2 atom stereocenters. The van der Waals surface area contributed by atoms with Gasteiger partial charge in [-0.3, -0.25) is 0 Å². The summed E-state index contributed by atoms with van der Waals surface area (Å²) >= 11 is 3.00. The molecule has 0 aromatic heterocycles. The SMILES string of the molecule is CC(C)(C)OC(=O)NCC(O)C(O)c1cccc(Br)c1F. The molecule has 2 unspecified atom stereocenters. The van der Waals surface area contributed by atoms with E-state index in [1.165, 1.54) is 12.1 Å². The minimum Gasteiger partial charge on any atom is -0.444 e. The maximum absolute atomic E-state index is 13.8. The summed E-state index contributed by atoms with van der Waals surface area (Å²) in [5.41, 5.74) is -0.716. The number of carbonyl (C=O) groups is 1. The molecular formula is C14H19BrFNO4. The first-order chi connectivity index (χ1) is 9.61. The van der Waals surface area contributed by atoms with Crippen molar-refractivity contribution < 1.29 is 24.1 Å². The van der Waals surface area contributed by atoms with Gasteiger partial charge in [0.2, 0.25) is 0 Å². The minimum atomic E-state index is -1.46. The van der Waals surface area contributed by atoms with E-state index < -0.39 is 29.7 Å². The Balaban J connectivity index is 2.61. The van der Waals surface area contributed by atoms with E-state index in [0.29, 0.717) is 0 Å². The Bertz CT molecular complexity index is 504. The highest BCUT2D eigenvalue weighted by molar-refractivity contribution is 9.10. The first-order valence-electron chi connectivity index (χ1n) is 6.38. The zero-order valence-corrected chi connectivity index (χ0v) is 13.6. The fraction of sp³-hybridized carbons (Fsp3) is 0.500. The number of aliphatic hydroxyl groups is 2. The molecule has 118 valence electrons. The van der Waals surface area contributed by atoms with Crippen LogP contribution in [-0.2, 0) is 4.74 Å². The Morgan fingerprint density at radius 1 is 1.43 bits per heavy atom. The predicted octanol–water partition coefficient (Wildman–Crippen LogP) is 2.51. The summed E-state index contributed by atoms with van der Waals surface area (Å²) in [5, 5.41) is 22.1. The Morgan fingerprint density at radius 3 is 2.62 bits per heavy atom. The van der Waals surface area contributed by atoms with Gasteiger partial charge in [-0.05, 0) is 42.8 Å². The van der Waals surface area contributed by atoms with Crippen LogP contribution in [-0.4, -0.2) is 34.6 Å². The number of halogens is 2.